The van der Waals surface area contributed by atoms with Crippen LogP contribution in [0.15, 0.2) is 42.7 Å². The van der Waals surface area contributed by atoms with Gasteiger partial charge in [0.2, 0.25) is 0 Å². The molecule has 0 aliphatic heterocycles. The second-order valence-corrected chi connectivity index (χ2v) is 5.34. The summed E-state index contributed by atoms with van der Waals surface area (Å²) in [4.78, 5) is 18.6. The summed E-state index contributed by atoms with van der Waals surface area (Å²) in [5.74, 6) is -0.0297. The molecule has 1 unspecified atom stereocenters. The normalized spacial score (nSPS) is 12.0. The van der Waals surface area contributed by atoms with E-state index in [0.29, 0.717) is 12.1 Å². The van der Waals surface area contributed by atoms with E-state index in [2.05, 4.69) is 11.1 Å². The van der Waals surface area contributed by atoms with Crippen LogP contribution in [0.5, 0.6) is 0 Å². The molecule has 1 heterocycles. The van der Waals surface area contributed by atoms with Gasteiger partial charge in [-0.15, -0.1) is 0 Å². The van der Waals surface area contributed by atoms with E-state index in [4.69, 9.17) is 4.74 Å². The molecule has 4 heteroatoms. The van der Waals surface area contributed by atoms with Crippen molar-refractivity contribution in [2.75, 3.05) is 13.7 Å². The van der Waals surface area contributed by atoms with E-state index in [-0.39, 0.29) is 5.91 Å². The van der Waals surface area contributed by atoms with Gasteiger partial charge < -0.3 is 9.64 Å². The lowest BCUT2D eigenvalue weighted by Crippen LogP contribution is -2.35. The zero-order chi connectivity index (χ0) is 16.1. The SMILES string of the molecule is CCN(C(=O)c1cc(C)cc(C)c1)C(OC)c1ccncc1. The Morgan fingerprint density at radius 2 is 1.77 bits per heavy atom. The van der Waals surface area contributed by atoms with Crippen molar-refractivity contribution < 1.29 is 9.53 Å². The maximum absolute atomic E-state index is 12.9. The maximum Gasteiger partial charge on any atom is 0.256 e. The molecule has 2 rings (SSSR count). The van der Waals surface area contributed by atoms with Crippen LogP contribution < -0.4 is 0 Å². The van der Waals surface area contributed by atoms with Crippen molar-refractivity contribution in [1.29, 1.82) is 0 Å². The number of carbonyl (C=O) groups is 1. The van der Waals surface area contributed by atoms with Crippen molar-refractivity contribution in [2.45, 2.75) is 27.0 Å². The van der Waals surface area contributed by atoms with Gasteiger partial charge in [0, 0.05) is 37.2 Å². The third-order valence-electron chi connectivity index (χ3n) is 3.57. The summed E-state index contributed by atoms with van der Waals surface area (Å²) in [5, 5.41) is 0. The number of pyridine rings is 1. The van der Waals surface area contributed by atoms with Crippen LogP contribution in [0, 0.1) is 13.8 Å². The van der Waals surface area contributed by atoms with Gasteiger partial charge in [0.05, 0.1) is 0 Å². The molecule has 1 amide bonds. The van der Waals surface area contributed by atoms with E-state index in [1.807, 2.05) is 45.0 Å². The van der Waals surface area contributed by atoms with Crippen molar-refractivity contribution in [1.82, 2.24) is 9.88 Å². The lowest BCUT2D eigenvalue weighted by Gasteiger charge is -2.30. The number of aromatic nitrogens is 1. The molecule has 0 saturated carbocycles. The highest BCUT2D eigenvalue weighted by Gasteiger charge is 2.24. The number of amides is 1. The molecule has 1 atom stereocenters. The number of nitrogens with zero attached hydrogens (tertiary/aromatic N) is 2. The predicted octanol–water partition coefficient (Wildman–Crippen LogP) is 3.51. The minimum atomic E-state index is -0.415. The molecule has 0 aliphatic carbocycles. The zero-order valence-electron chi connectivity index (χ0n) is 13.5. The first-order valence-corrected chi connectivity index (χ1v) is 7.38. The fourth-order valence-electron chi connectivity index (χ4n) is 2.65. The Bertz CT molecular complexity index is 621. The van der Waals surface area contributed by atoms with E-state index in [1.54, 1.807) is 24.4 Å². The molecule has 2 aromatic rings. The molecule has 0 radical (unpaired) electrons. The van der Waals surface area contributed by atoms with E-state index in [0.717, 1.165) is 16.7 Å². The number of ether oxygens (including phenoxy) is 1. The van der Waals surface area contributed by atoms with E-state index in [9.17, 15) is 4.79 Å². The number of rotatable bonds is 5. The van der Waals surface area contributed by atoms with Crippen LogP contribution in [-0.2, 0) is 4.74 Å². The first-order chi connectivity index (χ1) is 10.6. The van der Waals surface area contributed by atoms with Gasteiger partial charge in [-0.2, -0.15) is 0 Å². The molecule has 1 aromatic carbocycles. The molecule has 1 aromatic heterocycles. The van der Waals surface area contributed by atoms with Crippen LogP contribution in [0.4, 0.5) is 0 Å². The average molecular weight is 298 g/mol. The summed E-state index contributed by atoms with van der Waals surface area (Å²) < 4.78 is 5.57. The van der Waals surface area contributed by atoms with Gasteiger partial charge in [-0.05, 0) is 45.0 Å². The van der Waals surface area contributed by atoms with Crippen molar-refractivity contribution in [3.05, 3.63) is 65.0 Å². The molecular formula is C18H22N2O2. The highest BCUT2D eigenvalue weighted by atomic mass is 16.5. The van der Waals surface area contributed by atoms with Crippen molar-refractivity contribution in [2.24, 2.45) is 0 Å². The van der Waals surface area contributed by atoms with Crippen LogP contribution in [0.2, 0.25) is 0 Å². The number of hydrogen-bond donors (Lipinski definition) is 0. The van der Waals surface area contributed by atoms with Crippen molar-refractivity contribution in [3.8, 4) is 0 Å². The number of hydrogen-bond acceptors (Lipinski definition) is 3. The standard InChI is InChI=1S/C18H22N2O2/c1-5-20(18(22-4)15-6-8-19-9-7-15)17(21)16-11-13(2)10-14(3)12-16/h6-12,18H,5H2,1-4H3. The average Bonchev–Trinajstić information content (AvgIpc) is 2.51. The number of carbonyl (C=O) groups excluding carboxylic acids is 1. The summed E-state index contributed by atoms with van der Waals surface area (Å²) in [6.07, 6.45) is 2.99. The first kappa shape index (κ1) is 16.2. The Morgan fingerprint density at radius 1 is 1.18 bits per heavy atom. The maximum atomic E-state index is 12.9. The van der Waals surface area contributed by atoms with Gasteiger partial charge in [-0.1, -0.05) is 17.2 Å². The smallest absolute Gasteiger partial charge is 0.256 e. The highest BCUT2D eigenvalue weighted by Crippen LogP contribution is 2.23. The van der Waals surface area contributed by atoms with Crippen LogP contribution >= 0.6 is 0 Å². The molecule has 0 fully saturated rings. The minimum Gasteiger partial charge on any atom is -0.357 e. The highest BCUT2D eigenvalue weighted by molar-refractivity contribution is 5.94. The van der Waals surface area contributed by atoms with Crippen molar-refractivity contribution in [3.63, 3.8) is 0 Å². The van der Waals surface area contributed by atoms with Crippen LogP contribution in [0.25, 0.3) is 0 Å². The van der Waals surface area contributed by atoms with E-state index in [1.165, 1.54) is 0 Å². The van der Waals surface area contributed by atoms with Gasteiger partial charge in [-0.3, -0.25) is 9.78 Å². The third-order valence-corrected chi connectivity index (χ3v) is 3.57. The predicted molar refractivity (Wildman–Crippen MR) is 86.6 cm³/mol. The molecule has 116 valence electrons. The Hall–Kier alpha value is -2.20. The first-order valence-electron chi connectivity index (χ1n) is 7.38. The quantitative estimate of drug-likeness (QED) is 0.793. The lowest BCUT2D eigenvalue weighted by molar-refractivity contribution is -0.0205. The largest absolute Gasteiger partial charge is 0.357 e. The minimum absolute atomic E-state index is 0.0297. The fourth-order valence-corrected chi connectivity index (χ4v) is 2.65. The van der Waals surface area contributed by atoms with Crippen LogP contribution in [-0.4, -0.2) is 29.4 Å². The molecule has 0 N–H and O–H groups in total. The summed E-state index contributed by atoms with van der Waals surface area (Å²) in [5.41, 5.74) is 3.77. The fraction of sp³-hybridized carbons (Fsp3) is 0.333. The van der Waals surface area contributed by atoms with Crippen LogP contribution in [0.3, 0.4) is 0 Å². The molecule has 0 spiro atoms. The second-order valence-electron chi connectivity index (χ2n) is 5.34. The Kier molecular flexibility index (Phi) is 5.28. The summed E-state index contributed by atoms with van der Waals surface area (Å²) >= 11 is 0. The van der Waals surface area contributed by atoms with Gasteiger partial charge in [-0.25, -0.2) is 0 Å². The summed E-state index contributed by atoms with van der Waals surface area (Å²) in [6, 6.07) is 9.62. The van der Waals surface area contributed by atoms with E-state index < -0.39 is 6.23 Å². The van der Waals surface area contributed by atoms with E-state index >= 15 is 0 Å². The molecule has 0 aliphatic rings. The monoisotopic (exact) mass is 298 g/mol. The lowest BCUT2D eigenvalue weighted by atomic mass is 10.1. The Labute approximate surface area is 131 Å². The van der Waals surface area contributed by atoms with Gasteiger partial charge in [0.25, 0.3) is 5.91 Å². The third kappa shape index (κ3) is 3.52. The van der Waals surface area contributed by atoms with Gasteiger partial charge >= 0.3 is 0 Å². The van der Waals surface area contributed by atoms with Gasteiger partial charge in [0.1, 0.15) is 0 Å². The number of methoxy groups -OCH3 is 1. The number of benzene rings is 1. The molecular weight excluding hydrogens is 276 g/mol. The number of aryl methyl sites for hydroxylation is 2. The molecule has 0 saturated heterocycles. The Balaban J connectivity index is 2.35. The molecule has 22 heavy (non-hydrogen) atoms. The van der Waals surface area contributed by atoms with Crippen molar-refractivity contribution >= 4 is 5.91 Å². The zero-order valence-corrected chi connectivity index (χ0v) is 13.5. The Morgan fingerprint density at radius 3 is 2.27 bits per heavy atom. The molecule has 4 nitrogen and oxygen atoms in total. The van der Waals surface area contributed by atoms with Crippen LogP contribution in [0.1, 0.15) is 40.2 Å². The van der Waals surface area contributed by atoms with Gasteiger partial charge in [0.15, 0.2) is 6.23 Å². The summed E-state index contributed by atoms with van der Waals surface area (Å²) in [7, 11) is 1.61. The summed E-state index contributed by atoms with van der Waals surface area (Å²) in [6.45, 7) is 6.51. The molecule has 0 bridgehead atoms. The topological polar surface area (TPSA) is 42.4 Å². The second kappa shape index (κ2) is 7.18.